The maximum Gasteiger partial charge on any atom is 0.307 e. The average Bonchev–Trinajstić information content (AvgIpc) is 2.08. The third-order valence-electron chi connectivity index (χ3n) is 2.90. The molecule has 0 aromatic heterocycles. The van der Waals surface area contributed by atoms with E-state index in [2.05, 4.69) is 0 Å². The van der Waals surface area contributed by atoms with Crippen molar-refractivity contribution in [2.75, 3.05) is 0 Å². The first-order valence-corrected chi connectivity index (χ1v) is 4.54. The summed E-state index contributed by atoms with van der Waals surface area (Å²) < 4.78 is 0. The molecular weight excluding hydrogens is 184 g/mol. The van der Waals surface area contributed by atoms with Gasteiger partial charge in [-0.2, -0.15) is 0 Å². The molecule has 0 fully saturated rings. The summed E-state index contributed by atoms with van der Waals surface area (Å²) in [5.74, 6) is -3.55. The molecule has 2 unspecified atom stereocenters. The summed E-state index contributed by atoms with van der Waals surface area (Å²) in [5.41, 5.74) is 2.02. The molecular formula is C10H14O4. The van der Waals surface area contributed by atoms with Crippen molar-refractivity contribution >= 4 is 11.9 Å². The molecule has 4 nitrogen and oxygen atoms in total. The number of carboxylic acid groups (broad SMARTS) is 2. The molecule has 0 saturated heterocycles. The molecule has 1 aliphatic carbocycles. The van der Waals surface area contributed by atoms with E-state index >= 15 is 0 Å². The van der Waals surface area contributed by atoms with Crippen LogP contribution in [0.1, 0.15) is 26.7 Å². The third-order valence-corrected chi connectivity index (χ3v) is 2.90. The van der Waals surface area contributed by atoms with Crippen LogP contribution in [0.15, 0.2) is 11.1 Å². The number of hydrogen-bond donors (Lipinski definition) is 2. The first-order chi connectivity index (χ1) is 6.43. The molecule has 0 saturated carbocycles. The fraction of sp³-hybridized carbons (Fsp3) is 0.600. The first-order valence-electron chi connectivity index (χ1n) is 4.54. The molecule has 14 heavy (non-hydrogen) atoms. The van der Waals surface area contributed by atoms with Gasteiger partial charge in [0.05, 0.1) is 11.8 Å². The number of carbonyl (C=O) groups is 2. The lowest BCUT2D eigenvalue weighted by Gasteiger charge is -2.27. The molecule has 0 radical (unpaired) electrons. The predicted octanol–water partition coefficient (Wildman–Crippen LogP) is 1.52. The van der Waals surface area contributed by atoms with E-state index < -0.39 is 23.8 Å². The smallest absolute Gasteiger partial charge is 0.307 e. The van der Waals surface area contributed by atoms with Crippen LogP contribution >= 0.6 is 0 Å². The monoisotopic (exact) mass is 198 g/mol. The van der Waals surface area contributed by atoms with Crippen LogP contribution in [0, 0.1) is 11.8 Å². The van der Waals surface area contributed by atoms with E-state index in [0.717, 1.165) is 11.1 Å². The Balaban J connectivity index is 2.95. The van der Waals surface area contributed by atoms with Crippen LogP contribution in [0.25, 0.3) is 0 Å². The molecule has 2 N–H and O–H groups in total. The standard InChI is InChI=1S/C10H14O4/c1-5-3-7(9(11)12)8(10(13)14)4-6(5)2/h7-8H,3-4H2,1-2H3,(H,11,12)(H,13,14). The van der Waals surface area contributed by atoms with Gasteiger partial charge in [0.2, 0.25) is 0 Å². The molecule has 0 aromatic rings. The van der Waals surface area contributed by atoms with Crippen LogP contribution < -0.4 is 0 Å². The maximum atomic E-state index is 10.8. The van der Waals surface area contributed by atoms with Gasteiger partial charge in [-0.15, -0.1) is 0 Å². The third kappa shape index (κ3) is 1.95. The normalized spacial score (nSPS) is 27.6. The lowest BCUT2D eigenvalue weighted by Crippen LogP contribution is -2.33. The summed E-state index contributed by atoms with van der Waals surface area (Å²) in [6, 6.07) is 0. The van der Waals surface area contributed by atoms with Gasteiger partial charge in [0.1, 0.15) is 0 Å². The van der Waals surface area contributed by atoms with E-state index in [4.69, 9.17) is 10.2 Å². The van der Waals surface area contributed by atoms with Crippen LogP contribution in [0.2, 0.25) is 0 Å². The van der Waals surface area contributed by atoms with Gasteiger partial charge < -0.3 is 10.2 Å². The molecule has 4 heteroatoms. The number of carboxylic acids is 2. The minimum absolute atomic E-state index is 0.359. The highest BCUT2D eigenvalue weighted by Gasteiger charge is 2.37. The summed E-state index contributed by atoms with van der Waals surface area (Å²) in [6.45, 7) is 3.73. The fourth-order valence-corrected chi connectivity index (χ4v) is 1.81. The van der Waals surface area contributed by atoms with E-state index in [1.54, 1.807) is 0 Å². The lowest BCUT2D eigenvalue weighted by atomic mass is 9.76. The number of allylic oxidation sites excluding steroid dienone is 2. The van der Waals surface area contributed by atoms with Gasteiger partial charge in [-0.25, -0.2) is 0 Å². The second kappa shape index (κ2) is 3.82. The van der Waals surface area contributed by atoms with E-state index in [0.29, 0.717) is 12.8 Å². The van der Waals surface area contributed by atoms with Crippen molar-refractivity contribution in [3.05, 3.63) is 11.1 Å². The van der Waals surface area contributed by atoms with Crippen LogP contribution in [-0.2, 0) is 9.59 Å². The summed E-state index contributed by atoms with van der Waals surface area (Å²) in [4.78, 5) is 21.7. The number of hydrogen-bond acceptors (Lipinski definition) is 2. The highest BCUT2D eigenvalue weighted by atomic mass is 16.4. The lowest BCUT2D eigenvalue weighted by molar-refractivity contribution is -0.154. The van der Waals surface area contributed by atoms with Gasteiger partial charge in [0, 0.05) is 0 Å². The topological polar surface area (TPSA) is 74.6 Å². The number of rotatable bonds is 2. The highest BCUT2D eigenvalue weighted by molar-refractivity contribution is 5.81. The van der Waals surface area contributed by atoms with Crippen LogP contribution in [-0.4, -0.2) is 22.2 Å². The summed E-state index contributed by atoms with van der Waals surface area (Å²) in [7, 11) is 0. The van der Waals surface area contributed by atoms with Crippen molar-refractivity contribution in [3.8, 4) is 0 Å². The molecule has 0 amide bonds. The number of aliphatic carboxylic acids is 2. The molecule has 1 aliphatic rings. The van der Waals surface area contributed by atoms with Gasteiger partial charge in [-0.05, 0) is 26.7 Å². The Morgan fingerprint density at radius 3 is 1.50 bits per heavy atom. The van der Waals surface area contributed by atoms with Crippen molar-refractivity contribution in [1.29, 1.82) is 0 Å². The van der Waals surface area contributed by atoms with E-state index in [-0.39, 0.29) is 0 Å². The largest absolute Gasteiger partial charge is 0.481 e. The van der Waals surface area contributed by atoms with Crippen molar-refractivity contribution in [3.63, 3.8) is 0 Å². The summed E-state index contributed by atoms with van der Waals surface area (Å²) in [5, 5.41) is 17.8. The van der Waals surface area contributed by atoms with Gasteiger partial charge in [-0.3, -0.25) is 9.59 Å². The van der Waals surface area contributed by atoms with E-state index in [9.17, 15) is 9.59 Å². The van der Waals surface area contributed by atoms with Crippen LogP contribution in [0.3, 0.4) is 0 Å². The Kier molecular flexibility index (Phi) is 2.93. The average molecular weight is 198 g/mol. The molecule has 0 bridgehead atoms. The summed E-state index contributed by atoms with van der Waals surface area (Å²) >= 11 is 0. The van der Waals surface area contributed by atoms with Crippen molar-refractivity contribution < 1.29 is 19.8 Å². The predicted molar refractivity (Wildman–Crippen MR) is 49.9 cm³/mol. The van der Waals surface area contributed by atoms with Gasteiger partial charge in [0.15, 0.2) is 0 Å². The fourth-order valence-electron chi connectivity index (χ4n) is 1.81. The van der Waals surface area contributed by atoms with Crippen molar-refractivity contribution in [2.45, 2.75) is 26.7 Å². The SMILES string of the molecule is CC1=C(C)CC(C(=O)O)C(C(=O)O)C1. The Bertz CT molecular complexity index is 273. The van der Waals surface area contributed by atoms with Crippen molar-refractivity contribution in [2.24, 2.45) is 11.8 Å². The molecule has 0 spiro atoms. The Morgan fingerprint density at radius 2 is 1.29 bits per heavy atom. The molecule has 2 atom stereocenters. The second-order valence-electron chi connectivity index (χ2n) is 3.86. The minimum atomic E-state index is -1.01. The second-order valence-corrected chi connectivity index (χ2v) is 3.86. The maximum absolute atomic E-state index is 10.8. The Labute approximate surface area is 82.2 Å². The van der Waals surface area contributed by atoms with Crippen molar-refractivity contribution in [1.82, 2.24) is 0 Å². The van der Waals surface area contributed by atoms with Gasteiger partial charge in [0.25, 0.3) is 0 Å². The van der Waals surface area contributed by atoms with Gasteiger partial charge >= 0.3 is 11.9 Å². The zero-order valence-electron chi connectivity index (χ0n) is 8.28. The minimum Gasteiger partial charge on any atom is -0.481 e. The summed E-state index contributed by atoms with van der Waals surface area (Å²) in [6.07, 6.45) is 0.719. The zero-order chi connectivity index (χ0) is 10.9. The zero-order valence-corrected chi connectivity index (χ0v) is 8.28. The van der Waals surface area contributed by atoms with E-state index in [1.807, 2.05) is 13.8 Å². The molecule has 0 heterocycles. The van der Waals surface area contributed by atoms with E-state index in [1.165, 1.54) is 0 Å². The van der Waals surface area contributed by atoms with Crippen LogP contribution in [0.4, 0.5) is 0 Å². The van der Waals surface area contributed by atoms with Gasteiger partial charge in [-0.1, -0.05) is 11.1 Å². The molecule has 1 rings (SSSR count). The Hall–Kier alpha value is -1.32. The highest BCUT2D eigenvalue weighted by Crippen LogP contribution is 2.34. The first kappa shape index (κ1) is 10.8. The quantitative estimate of drug-likeness (QED) is 0.659. The molecule has 0 aromatic carbocycles. The molecule has 0 aliphatic heterocycles. The Morgan fingerprint density at radius 1 is 1.00 bits per heavy atom. The van der Waals surface area contributed by atoms with Crippen LogP contribution in [0.5, 0.6) is 0 Å². The molecule has 78 valence electrons.